The first-order valence-corrected chi connectivity index (χ1v) is 7.22. The van der Waals surface area contributed by atoms with Crippen LogP contribution in [0.15, 0.2) is 24.3 Å². The Labute approximate surface area is 127 Å². The Bertz CT molecular complexity index is 382. The Morgan fingerprint density at radius 2 is 1.76 bits per heavy atom. The first-order chi connectivity index (χ1) is 10.1. The van der Waals surface area contributed by atoms with Crippen molar-refractivity contribution >= 4 is 0 Å². The third-order valence-electron chi connectivity index (χ3n) is 3.25. The van der Waals surface area contributed by atoms with E-state index in [-0.39, 0.29) is 12.1 Å². The Balaban J connectivity index is 2.29. The Morgan fingerprint density at radius 3 is 2.33 bits per heavy atom. The summed E-state index contributed by atoms with van der Waals surface area (Å²) in [5.41, 5.74) is 1.15. The predicted octanol–water partition coefficient (Wildman–Crippen LogP) is 1.76. The van der Waals surface area contributed by atoms with Crippen LogP contribution in [-0.4, -0.2) is 51.3 Å². The van der Waals surface area contributed by atoms with Crippen molar-refractivity contribution in [3.63, 3.8) is 0 Å². The summed E-state index contributed by atoms with van der Waals surface area (Å²) in [5, 5.41) is 13.2. The van der Waals surface area contributed by atoms with Crippen LogP contribution in [0.2, 0.25) is 0 Å². The molecule has 0 aliphatic rings. The molecule has 0 saturated carbocycles. The molecule has 5 heteroatoms. The summed E-state index contributed by atoms with van der Waals surface area (Å²) >= 11 is 0. The van der Waals surface area contributed by atoms with Crippen LogP contribution in [0.3, 0.4) is 0 Å². The number of methoxy groups -OCH3 is 2. The third-order valence-corrected chi connectivity index (χ3v) is 3.25. The molecule has 1 rings (SSSR count). The molecule has 0 aromatic heterocycles. The summed E-state index contributed by atoms with van der Waals surface area (Å²) in [6.45, 7) is 5.29. The van der Waals surface area contributed by atoms with E-state index in [4.69, 9.17) is 14.2 Å². The zero-order valence-electron chi connectivity index (χ0n) is 13.3. The highest BCUT2D eigenvalue weighted by atomic mass is 16.5. The van der Waals surface area contributed by atoms with E-state index in [9.17, 15) is 5.11 Å². The first kappa shape index (κ1) is 17.9. The number of hydrogen-bond donors (Lipinski definition) is 2. The lowest BCUT2D eigenvalue weighted by atomic mass is 10.1. The summed E-state index contributed by atoms with van der Waals surface area (Å²) in [6, 6.07) is 8.04. The first-order valence-electron chi connectivity index (χ1n) is 7.22. The van der Waals surface area contributed by atoms with Crippen molar-refractivity contribution in [3.05, 3.63) is 29.8 Å². The van der Waals surface area contributed by atoms with Crippen molar-refractivity contribution in [1.29, 1.82) is 0 Å². The maximum absolute atomic E-state index is 9.90. The Morgan fingerprint density at radius 1 is 1.10 bits per heavy atom. The average Bonchev–Trinajstić information content (AvgIpc) is 2.51. The molecular weight excluding hydrogens is 270 g/mol. The number of benzene rings is 1. The molecular formula is C16H27NO4. The number of rotatable bonds is 10. The van der Waals surface area contributed by atoms with Crippen molar-refractivity contribution < 1.29 is 19.3 Å². The van der Waals surface area contributed by atoms with E-state index in [1.807, 2.05) is 31.2 Å². The monoisotopic (exact) mass is 297 g/mol. The van der Waals surface area contributed by atoms with Crippen LogP contribution in [0.5, 0.6) is 5.75 Å². The Hall–Kier alpha value is -1.14. The second-order valence-corrected chi connectivity index (χ2v) is 5.16. The van der Waals surface area contributed by atoms with Gasteiger partial charge in [-0.05, 0) is 31.5 Å². The lowest BCUT2D eigenvalue weighted by Crippen LogP contribution is -2.33. The van der Waals surface area contributed by atoms with Gasteiger partial charge in [-0.3, -0.25) is 0 Å². The van der Waals surface area contributed by atoms with Crippen molar-refractivity contribution in [2.45, 2.75) is 32.1 Å². The van der Waals surface area contributed by atoms with Gasteiger partial charge in [0.1, 0.15) is 5.75 Å². The van der Waals surface area contributed by atoms with Crippen LogP contribution >= 0.6 is 0 Å². The molecule has 120 valence electrons. The maximum Gasteiger partial charge on any atom is 0.118 e. The number of hydrogen-bond acceptors (Lipinski definition) is 5. The van der Waals surface area contributed by atoms with Gasteiger partial charge >= 0.3 is 0 Å². The van der Waals surface area contributed by atoms with Crippen LogP contribution in [-0.2, 0) is 9.47 Å². The molecule has 0 heterocycles. The number of aliphatic hydroxyl groups excluding tert-OH is 1. The van der Waals surface area contributed by atoms with Gasteiger partial charge in [-0.2, -0.15) is 0 Å². The highest BCUT2D eigenvalue weighted by Gasteiger charge is 2.11. The minimum Gasteiger partial charge on any atom is -0.497 e. The van der Waals surface area contributed by atoms with Crippen LogP contribution in [0.25, 0.3) is 0 Å². The SMILES string of the molecule is COCC(C)OCC(O)CN[C@@H](C)c1ccc(OC)cc1. The van der Waals surface area contributed by atoms with E-state index in [1.54, 1.807) is 14.2 Å². The molecule has 1 aromatic rings. The fraction of sp³-hybridized carbons (Fsp3) is 0.625. The van der Waals surface area contributed by atoms with Gasteiger partial charge in [-0.15, -0.1) is 0 Å². The Kier molecular flexibility index (Phi) is 8.30. The zero-order valence-corrected chi connectivity index (χ0v) is 13.3. The van der Waals surface area contributed by atoms with Crippen LogP contribution in [0, 0.1) is 0 Å². The van der Waals surface area contributed by atoms with Gasteiger partial charge in [0.15, 0.2) is 0 Å². The molecule has 0 spiro atoms. The third kappa shape index (κ3) is 6.91. The standard InChI is InChI=1S/C16H27NO4/c1-12(10-19-3)21-11-15(18)9-17-13(2)14-5-7-16(20-4)8-6-14/h5-8,12-13,15,17-18H,9-11H2,1-4H3/t12?,13-,15?/m0/s1. The second kappa shape index (κ2) is 9.73. The molecule has 3 atom stereocenters. The lowest BCUT2D eigenvalue weighted by Gasteiger charge is -2.19. The van der Waals surface area contributed by atoms with Gasteiger partial charge in [0.2, 0.25) is 0 Å². The minimum absolute atomic E-state index is 0.0105. The van der Waals surface area contributed by atoms with Crippen molar-refractivity contribution in [3.8, 4) is 5.75 Å². The maximum atomic E-state index is 9.90. The van der Waals surface area contributed by atoms with Gasteiger partial charge in [0.25, 0.3) is 0 Å². The largest absolute Gasteiger partial charge is 0.497 e. The van der Waals surface area contributed by atoms with Crippen LogP contribution in [0.1, 0.15) is 25.5 Å². The topological polar surface area (TPSA) is 60.0 Å². The van der Waals surface area contributed by atoms with Gasteiger partial charge in [0, 0.05) is 19.7 Å². The fourth-order valence-corrected chi connectivity index (χ4v) is 1.94. The number of nitrogens with one attached hydrogen (secondary N) is 1. The van der Waals surface area contributed by atoms with E-state index in [0.29, 0.717) is 19.8 Å². The lowest BCUT2D eigenvalue weighted by molar-refractivity contribution is -0.0315. The highest BCUT2D eigenvalue weighted by Crippen LogP contribution is 2.17. The highest BCUT2D eigenvalue weighted by molar-refractivity contribution is 5.28. The molecule has 1 aromatic carbocycles. The molecule has 0 fully saturated rings. The second-order valence-electron chi connectivity index (χ2n) is 5.16. The van der Waals surface area contributed by atoms with Crippen molar-refractivity contribution in [1.82, 2.24) is 5.32 Å². The molecule has 0 aliphatic carbocycles. The number of aliphatic hydroxyl groups is 1. The van der Waals surface area contributed by atoms with E-state index in [0.717, 1.165) is 11.3 Å². The van der Waals surface area contributed by atoms with Gasteiger partial charge < -0.3 is 24.6 Å². The van der Waals surface area contributed by atoms with Gasteiger partial charge in [0.05, 0.1) is 32.5 Å². The predicted molar refractivity (Wildman–Crippen MR) is 82.7 cm³/mol. The van der Waals surface area contributed by atoms with E-state index in [2.05, 4.69) is 12.2 Å². The molecule has 0 bridgehead atoms. The number of ether oxygens (including phenoxy) is 3. The molecule has 0 saturated heterocycles. The molecule has 0 radical (unpaired) electrons. The molecule has 2 unspecified atom stereocenters. The normalized spacial score (nSPS) is 15.5. The van der Waals surface area contributed by atoms with E-state index < -0.39 is 6.10 Å². The smallest absolute Gasteiger partial charge is 0.118 e. The fourth-order valence-electron chi connectivity index (χ4n) is 1.94. The summed E-state index contributed by atoms with van der Waals surface area (Å²) in [6.07, 6.45) is -0.548. The molecule has 2 N–H and O–H groups in total. The summed E-state index contributed by atoms with van der Waals surface area (Å²) < 4.78 is 15.6. The van der Waals surface area contributed by atoms with E-state index in [1.165, 1.54) is 0 Å². The van der Waals surface area contributed by atoms with Crippen molar-refractivity contribution in [2.75, 3.05) is 34.0 Å². The van der Waals surface area contributed by atoms with Gasteiger partial charge in [-0.25, -0.2) is 0 Å². The van der Waals surface area contributed by atoms with Crippen LogP contribution in [0.4, 0.5) is 0 Å². The van der Waals surface area contributed by atoms with Gasteiger partial charge in [-0.1, -0.05) is 12.1 Å². The van der Waals surface area contributed by atoms with Crippen molar-refractivity contribution in [2.24, 2.45) is 0 Å². The molecule has 5 nitrogen and oxygen atoms in total. The summed E-state index contributed by atoms with van der Waals surface area (Å²) in [4.78, 5) is 0. The van der Waals surface area contributed by atoms with E-state index >= 15 is 0 Å². The average molecular weight is 297 g/mol. The minimum atomic E-state index is -0.537. The quantitative estimate of drug-likeness (QED) is 0.689. The summed E-state index contributed by atoms with van der Waals surface area (Å²) in [7, 11) is 3.28. The molecule has 21 heavy (non-hydrogen) atoms. The van der Waals surface area contributed by atoms with Crippen LogP contribution < -0.4 is 10.1 Å². The molecule has 0 amide bonds. The zero-order chi connectivity index (χ0) is 15.7. The summed E-state index contributed by atoms with van der Waals surface area (Å²) in [5.74, 6) is 0.839. The molecule has 0 aliphatic heterocycles.